The summed E-state index contributed by atoms with van der Waals surface area (Å²) in [5.41, 5.74) is 10.5. The molecule has 0 bridgehead atoms. The van der Waals surface area contributed by atoms with Crippen LogP contribution in [-0.4, -0.2) is 9.13 Å². The number of nitrogens with zero attached hydrogens (tertiary/aromatic N) is 2. The first kappa shape index (κ1) is 32.4. The van der Waals surface area contributed by atoms with E-state index in [2.05, 4.69) is 158 Å². The summed E-state index contributed by atoms with van der Waals surface area (Å²) >= 11 is 0. The van der Waals surface area contributed by atoms with Crippen molar-refractivity contribution < 1.29 is 46.5 Å². The molecule has 2 nitrogen and oxygen atoms in total. The maximum atomic E-state index is 2.37. The molecule has 0 saturated heterocycles. The van der Waals surface area contributed by atoms with Gasteiger partial charge in [0.05, 0.1) is 11.0 Å². The van der Waals surface area contributed by atoms with Crippen molar-refractivity contribution in [3.63, 3.8) is 0 Å². The van der Waals surface area contributed by atoms with Gasteiger partial charge in [0.1, 0.15) is 0 Å². The van der Waals surface area contributed by atoms with E-state index in [-0.39, 0.29) is 46.5 Å². The van der Waals surface area contributed by atoms with Gasteiger partial charge in [-0.3, -0.25) is 0 Å². The van der Waals surface area contributed by atoms with Crippen LogP contribution < -0.4 is 24.8 Å². The Balaban J connectivity index is 0.000000184. The summed E-state index contributed by atoms with van der Waals surface area (Å²) < 4.78 is 4.73. The summed E-state index contributed by atoms with van der Waals surface area (Å²) in [6, 6.07) is 43.4. The van der Waals surface area contributed by atoms with Gasteiger partial charge in [-0.05, 0) is 62.3 Å². The first-order valence-corrected chi connectivity index (χ1v) is 14.0. The third kappa shape index (κ3) is 5.50. The second kappa shape index (κ2) is 13.0. The van der Waals surface area contributed by atoms with Gasteiger partial charge in [-0.25, -0.2) is 0 Å². The van der Waals surface area contributed by atoms with E-state index in [4.69, 9.17) is 0 Å². The van der Waals surface area contributed by atoms with Gasteiger partial charge in [0.15, 0.2) is 0 Å². The van der Waals surface area contributed by atoms with Crippen LogP contribution in [0.2, 0.25) is 0 Å². The minimum atomic E-state index is 0. The fourth-order valence-corrected chi connectivity index (χ4v) is 6.25. The average Bonchev–Trinajstić information content (AvgIpc) is 3.72. The monoisotopic (exact) mass is 634 g/mol. The summed E-state index contributed by atoms with van der Waals surface area (Å²) in [5, 5.41) is 7.90. The number of aryl methyl sites for hydroxylation is 2. The molecule has 0 atom stereocenters. The predicted molar refractivity (Wildman–Crippen MR) is 172 cm³/mol. The van der Waals surface area contributed by atoms with Crippen LogP contribution in [0.5, 0.6) is 0 Å². The Hall–Kier alpha value is -3.53. The summed E-state index contributed by atoms with van der Waals surface area (Å²) in [5.74, 6) is 0. The summed E-state index contributed by atoms with van der Waals surface area (Å²) in [6.45, 7) is 8.81. The molecule has 2 heterocycles. The minimum Gasteiger partial charge on any atom is -1.00 e. The summed E-state index contributed by atoms with van der Waals surface area (Å²) in [7, 11) is 0. The topological polar surface area (TPSA) is 9.86 Å². The number of benzene rings is 4. The molecule has 0 fully saturated rings. The van der Waals surface area contributed by atoms with Gasteiger partial charge in [0.2, 0.25) is 0 Å². The third-order valence-corrected chi connectivity index (χ3v) is 8.58. The first-order valence-electron chi connectivity index (χ1n) is 14.0. The molecule has 212 valence electrons. The van der Waals surface area contributed by atoms with E-state index < -0.39 is 0 Å². The van der Waals surface area contributed by atoms with Crippen molar-refractivity contribution in [1.29, 1.82) is 0 Å². The van der Waals surface area contributed by atoms with Crippen molar-refractivity contribution in [2.24, 2.45) is 0 Å². The normalized spacial score (nSPS) is 10.7. The van der Waals surface area contributed by atoms with Gasteiger partial charge in [-0.1, -0.05) is 48.5 Å². The van der Waals surface area contributed by atoms with Crippen LogP contribution in [0, 0.1) is 27.7 Å². The molecule has 6 aromatic carbocycles. The zero-order chi connectivity index (χ0) is 27.4. The van der Waals surface area contributed by atoms with E-state index >= 15 is 0 Å². The number of rotatable bonds is 2. The van der Waals surface area contributed by atoms with Crippen molar-refractivity contribution in [3.8, 4) is 11.4 Å². The van der Waals surface area contributed by atoms with Gasteiger partial charge in [0.25, 0.3) is 0 Å². The molecule has 43 heavy (non-hydrogen) atoms. The molecule has 0 saturated carbocycles. The molecule has 0 radical (unpaired) electrons. The Labute approximate surface area is 280 Å². The van der Waals surface area contributed by atoms with Crippen LogP contribution in [0.15, 0.2) is 121 Å². The average molecular weight is 635 g/mol. The van der Waals surface area contributed by atoms with Crippen LogP contribution >= 0.6 is 0 Å². The van der Waals surface area contributed by atoms with Gasteiger partial charge < -0.3 is 33.9 Å². The van der Waals surface area contributed by atoms with E-state index in [0.717, 1.165) is 0 Å². The van der Waals surface area contributed by atoms with Crippen LogP contribution in [-0.2, 0) is 21.7 Å². The molecule has 0 amide bonds. The van der Waals surface area contributed by atoms with E-state index in [1.54, 1.807) is 0 Å². The van der Waals surface area contributed by atoms with E-state index in [1.165, 1.54) is 77.2 Å². The van der Waals surface area contributed by atoms with Crippen LogP contribution in [0.25, 0.3) is 54.7 Å². The molecule has 8 rings (SSSR count). The fraction of sp³-hybridized carbons (Fsp3) is 0.105. The van der Waals surface area contributed by atoms with Crippen LogP contribution in [0.3, 0.4) is 0 Å². The smallest absolute Gasteiger partial charge is 1.00 e. The second-order valence-corrected chi connectivity index (χ2v) is 10.8. The van der Waals surface area contributed by atoms with E-state index in [1.807, 2.05) is 0 Å². The molecular weight excluding hydrogens is 603 g/mol. The molecule has 0 unspecified atom stereocenters. The Bertz CT molecular complexity index is 1950. The number of hydrogen-bond donors (Lipinski definition) is 0. The summed E-state index contributed by atoms with van der Waals surface area (Å²) in [6.07, 6.45) is 0. The number of hydrogen-bond acceptors (Lipinski definition) is 0. The number of halogens is 2. The summed E-state index contributed by atoms with van der Waals surface area (Å²) in [4.78, 5) is 0. The zero-order valence-electron chi connectivity index (χ0n) is 24.7. The largest absolute Gasteiger partial charge is 4.00 e. The Morgan fingerprint density at radius 1 is 0.465 bits per heavy atom. The SMILES string of the molecule is Cc1c(C)n(-c2cc3ccccc3[cH-]2)c2ccccc12.Cc1c(C)n(-c2cc3ccccc3[cH-]2)c2ccccc12.[Cl-].[Cl-].[Ti+4]. The van der Waals surface area contributed by atoms with Crippen LogP contribution in [0.4, 0.5) is 0 Å². The maximum Gasteiger partial charge on any atom is 4.00 e. The molecule has 8 aromatic rings. The number of aromatic nitrogens is 2. The molecule has 2 aromatic heterocycles. The molecular formula is C38H32Cl2N2Ti. The standard InChI is InChI=1S/2C19H16N.2ClH.Ti/c2*1-13-14(2)20(19-10-6-5-9-18(13)19)17-11-15-7-3-4-8-16(15)12-17;;;/h2*3-12H,1-2H3;2*1H;/q2*-1;;;+4/p-2. The molecule has 0 aliphatic carbocycles. The predicted octanol–water partition coefficient (Wildman–Crippen LogP) is 4.24. The van der Waals surface area contributed by atoms with Crippen molar-refractivity contribution in [3.05, 3.63) is 144 Å². The zero-order valence-corrected chi connectivity index (χ0v) is 27.8. The van der Waals surface area contributed by atoms with Gasteiger partial charge in [-0.15, -0.1) is 82.2 Å². The van der Waals surface area contributed by atoms with Crippen molar-refractivity contribution in [1.82, 2.24) is 9.13 Å². The van der Waals surface area contributed by atoms with Crippen molar-refractivity contribution in [2.45, 2.75) is 27.7 Å². The molecule has 0 N–H and O–H groups in total. The Kier molecular flexibility index (Phi) is 9.79. The Morgan fingerprint density at radius 2 is 0.814 bits per heavy atom. The maximum absolute atomic E-state index is 2.37. The fourth-order valence-electron chi connectivity index (χ4n) is 6.25. The van der Waals surface area contributed by atoms with Gasteiger partial charge in [-0.2, -0.15) is 0 Å². The van der Waals surface area contributed by atoms with E-state index in [9.17, 15) is 0 Å². The number of para-hydroxylation sites is 2. The molecule has 0 spiro atoms. The molecule has 5 heteroatoms. The molecule has 0 aliphatic heterocycles. The molecule has 0 aliphatic rings. The van der Waals surface area contributed by atoms with Gasteiger partial charge >= 0.3 is 21.7 Å². The Morgan fingerprint density at radius 3 is 1.21 bits per heavy atom. The van der Waals surface area contributed by atoms with E-state index in [0.29, 0.717) is 0 Å². The van der Waals surface area contributed by atoms with Gasteiger partial charge in [0, 0.05) is 22.2 Å². The first-order chi connectivity index (χ1) is 19.5. The number of fused-ring (bicyclic) bond motifs is 4. The second-order valence-electron chi connectivity index (χ2n) is 10.8. The van der Waals surface area contributed by atoms with Crippen molar-refractivity contribution >= 4 is 43.4 Å². The quantitative estimate of drug-likeness (QED) is 0.199. The van der Waals surface area contributed by atoms with Crippen molar-refractivity contribution in [2.75, 3.05) is 0 Å². The minimum absolute atomic E-state index is 0. The van der Waals surface area contributed by atoms with Crippen LogP contribution in [0.1, 0.15) is 22.5 Å². The third-order valence-electron chi connectivity index (χ3n) is 8.58.